The predicted molar refractivity (Wildman–Crippen MR) is 57.9 cm³/mol. The molecule has 0 saturated heterocycles. The summed E-state index contributed by atoms with van der Waals surface area (Å²) >= 11 is 3.23. The van der Waals surface area contributed by atoms with Gasteiger partial charge >= 0.3 is 0 Å². The lowest BCUT2D eigenvalue weighted by Crippen LogP contribution is -2.27. The van der Waals surface area contributed by atoms with Crippen molar-refractivity contribution in [1.82, 2.24) is 0 Å². The largest absolute Gasteiger partial charge is 0.369 e. The molecule has 1 aromatic carbocycles. The summed E-state index contributed by atoms with van der Waals surface area (Å²) in [5, 5.41) is 10.3. The van der Waals surface area contributed by atoms with E-state index in [1.807, 2.05) is 0 Å². The molecule has 0 unspecified atom stereocenters. The Morgan fingerprint density at radius 2 is 2.00 bits per heavy atom. The number of hydrogen-bond acceptors (Lipinski definition) is 3. The normalized spacial score (nSPS) is 12.1. The second-order valence-electron chi connectivity index (χ2n) is 3.02. The summed E-state index contributed by atoms with van der Waals surface area (Å²) in [7, 11) is 0. The van der Waals surface area contributed by atoms with Crippen LogP contribution in [0.15, 0.2) is 28.7 Å². The molecule has 5 nitrogen and oxygen atoms in total. The Morgan fingerprint density at radius 3 is 2.40 bits per heavy atom. The molecule has 6 heteroatoms. The van der Waals surface area contributed by atoms with Gasteiger partial charge in [-0.25, -0.2) is 0 Å². The number of rotatable bonds is 4. The van der Waals surface area contributed by atoms with Gasteiger partial charge in [0.15, 0.2) is 0 Å². The highest BCUT2D eigenvalue weighted by atomic mass is 79.9. The Balaban J connectivity index is 2.94. The van der Waals surface area contributed by atoms with Crippen molar-refractivity contribution in [3.63, 3.8) is 0 Å². The molecule has 0 aliphatic rings. The van der Waals surface area contributed by atoms with Crippen LogP contribution in [-0.2, 0) is 4.79 Å². The van der Waals surface area contributed by atoms with E-state index in [2.05, 4.69) is 15.9 Å². The molecule has 1 amide bonds. The van der Waals surface area contributed by atoms with Gasteiger partial charge in [-0.15, -0.1) is 0 Å². The Morgan fingerprint density at radius 1 is 1.47 bits per heavy atom. The standard InChI is InChI=1S/C9H9BrN2O3/c10-7-3-1-6(2-4-7)8(9(11)13)5-12(14)15/h1-4,8H,5H2,(H2,11,13)/t8-/m0/s1. The monoisotopic (exact) mass is 272 g/mol. The van der Waals surface area contributed by atoms with Gasteiger partial charge < -0.3 is 5.73 Å². The highest BCUT2D eigenvalue weighted by molar-refractivity contribution is 9.10. The van der Waals surface area contributed by atoms with Crippen molar-refractivity contribution in [2.24, 2.45) is 5.73 Å². The van der Waals surface area contributed by atoms with E-state index in [9.17, 15) is 14.9 Å². The minimum atomic E-state index is -0.867. The number of hydrogen-bond donors (Lipinski definition) is 1. The lowest BCUT2D eigenvalue weighted by molar-refractivity contribution is -0.481. The number of carbonyl (C=O) groups excluding carboxylic acids is 1. The first-order valence-corrected chi connectivity index (χ1v) is 4.96. The van der Waals surface area contributed by atoms with Crippen LogP contribution >= 0.6 is 15.9 Å². The van der Waals surface area contributed by atoms with Crippen molar-refractivity contribution in [2.75, 3.05) is 6.54 Å². The van der Waals surface area contributed by atoms with E-state index in [4.69, 9.17) is 5.73 Å². The molecule has 0 fully saturated rings. The van der Waals surface area contributed by atoms with Gasteiger partial charge in [-0.2, -0.15) is 0 Å². The predicted octanol–water partition coefficient (Wildman–Crippen LogP) is 1.29. The van der Waals surface area contributed by atoms with Crippen LogP contribution in [0, 0.1) is 10.1 Å². The lowest BCUT2D eigenvalue weighted by atomic mass is 9.99. The van der Waals surface area contributed by atoms with Crippen molar-refractivity contribution >= 4 is 21.8 Å². The minimum Gasteiger partial charge on any atom is -0.369 e. The smallest absolute Gasteiger partial charge is 0.231 e. The Labute approximate surface area is 94.5 Å². The van der Waals surface area contributed by atoms with Gasteiger partial charge in [-0.1, -0.05) is 28.1 Å². The van der Waals surface area contributed by atoms with E-state index in [1.165, 1.54) is 0 Å². The number of nitrogens with zero attached hydrogens (tertiary/aromatic N) is 1. The van der Waals surface area contributed by atoms with E-state index in [1.54, 1.807) is 24.3 Å². The van der Waals surface area contributed by atoms with Crippen LogP contribution in [0.3, 0.4) is 0 Å². The van der Waals surface area contributed by atoms with Crippen molar-refractivity contribution in [3.8, 4) is 0 Å². The molecule has 0 aliphatic carbocycles. The average molecular weight is 273 g/mol. The first-order chi connectivity index (χ1) is 7.00. The Bertz CT molecular complexity index is 377. The minimum absolute atomic E-state index is 0.475. The zero-order valence-corrected chi connectivity index (χ0v) is 9.31. The number of nitrogens with two attached hydrogens (primary N) is 1. The van der Waals surface area contributed by atoms with E-state index >= 15 is 0 Å². The number of nitro groups is 1. The number of carbonyl (C=O) groups is 1. The summed E-state index contributed by atoms with van der Waals surface area (Å²) < 4.78 is 0.843. The zero-order chi connectivity index (χ0) is 11.4. The SMILES string of the molecule is NC(=O)[C@@H](C[N+](=O)[O-])c1ccc(Br)cc1. The van der Waals surface area contributed by atoms with Crippen LogP contribution < -0.4 is 5.73 Å². The van der Waals surface area contributed by atoms with Gasteiger partial charge in [-0.05, 0) is 17.7 Å². The third-order valence-corrected chi connectivity index (χ3v) is 2.48. The molecule has 0 saturated carbocycles. The van der Waals surface area contributed by atoms with E-state index in [0.29, 0.717) is 5.56 Å². The summed E-state index contributed by atoms with van der Waals surface area (Å²) in [6, 6.07) is 6.71. The van der Waals surface area contributed by atoms with Crippen LogP contribution in [0.2, 0.25) is 0 Å². The van der Waals surface area contributed by atoms with Gasteiger partial charge in [0.05, 0.1) is 0 Å². The fourth-order valence-corrected chi connectivity index (χ4v) is 1.47. The maximum atomic E-state index is 11.0. The van der Waals surface area contributed by atoms with Gasteiger partial charge in [0.2, 0.25) is 12.5 Å². The number of amides is 1. The molecule has 0 aromatic heterocycles. The molecule has 1 atom stereocenters. The maximum absolute atomic E-state index is 11.0. The molecule has 15 heavy (non-hydrogen) atoms. The lowest BCUT2D eigenvalue weighted by Gasteiger charge is -2.08. The second kappa shape index (κ2) is 4.88. The maximum Gasteiger partial charge on any atom is 0.231 e. The molecular weight excluding hydrogens is 264 g/mol. The quantitative estimate of drug-likeness (QED) is 0.662. The van der Waals surface area contributed by atoms with Gasteiger partial charge in [0.25, 0.3) is 0 Å². The summed E-state index contributed by atoms with van der Waals surface area (Å²) in [4.78, 5) is 20.8. The molecule has 1 rings (SSSR count). The highest BCUT2D eigenvalue weighted by Crippen LogP contribution is 2.18. The fraction of sp³-hybridized carbons (Fsp3) is 0.222. The number of primary amides is 1. The van der Waals surface area contributed by atoms with Crippen LogP contribution in [-0.4, -0.2) is 17.4 Å². The third-order valence-electron chi connectivity index (χ3n) is 1.95. The molecule has 0 heterocycles. The van der Waals surface area contributed by atoms with Crippen LogP contribution in [0.1, 0.15) is 11.5 Å². The Hall–Kier alpha value is -1.43. The van der Waals surface area contributed by atoms with Crippen molar-refractivity contribution in [1.29, 1.82) is 0 Å². The van der Waals surface area contributed by atoms with E-state index < -0.39 is 23.3 Å². The first-order valence-electron chi connectivity index (χ1n) is 4.17. The summed E-state index contributed by atoms with van der Waals surface area (Å²) in [5.41, 5.74) is 5.66. The first kappa shape index (κ1) is 11.6. The summed E-state index contributed by atoms with van der Waals surface area (Å²) in [6.07, 6.45) is 0. The topological polar surface area (TPSA) is 86.2 Å². The average Bonchev–Trinajstić information content (AvgIpc) is 2.15. The van der Waals surface area contributed by atoms with Gasteiger partial charge in [0.1, 0.15) is 5.92 Å². The van der Waals surface area contributed by atoms with Gasteiger partial charge in [-0.3, -0.25) is 14.9 Å². The van der Waals surface area contributed by atoms with Crippen molar-refractivity contribution in [3.05, 3.63) is 44.4 Å². The molecule has 0 radical (unpaired) electrons. The molecule has 80 valence electrons. The summed E-state index contributed by atoms with van der Waals surface area (Å²) in [6.45, 7) is -0.475. The molecule has 0 bridgehead atoms. The van der Waals surface area contributed by atoms with Crippen molar-refractivity contribution < 1.29 is 9.72 Å². The van der Waals surface area contributed by atoms with Crippen LogP contribution in [0.5, 0.6) is 0 Å². The fourth-order valence-electron chi connectivity index (χ4n) is 1.20. The Kier molecular flexibility index (Phi) is 3.79. The highest BCUT2D eigenvalue weighted by Gasteiger charge is 2.23. The van der Waals surface area contributed by atoms with E-state index in [0.717, 1.165) is 4.47 Å². The van der Waals surface area contributed by atoms with E-state index in [-0.39, 0.29) is 0 Å². The molecule has 1 aromatic rings. The van der Waals surface area contributed by atoms with Gasteiger partial charge in [0, 0.05) is 9.40 Å². The molecular formula is C9H9BrN2O3. The third kappa shape index (κ3) is 3.32. The van der Waals surface area contributed by atoms with Crippen LogP contribution in [0.4, 0.5) is 0 Å². The van der Waals surface area contributed by atoms with Crippen LogP contribution in [0.25, 0.3) is 0 Å². The molecule has 0 spiro atoms. The zero-order valence-electron chi connectivity index (χ0n) is 7.72. The molecule has 2 N–H and O–H groups in total. The van der Waals surface area contributed by atoms with Crippen molar-refractivity contribution in [2.45, 2.75) is 5.92 Å². The number of halogens is 1. The second-order valence-corrected chi connectivity index (χ2v) is 3.94. The number of benzene rings is 1. The molecule has 0 aliphatic heterocycles. The summed E-state index contributed by atoms with van der Waals surface area (Å²) in [5.74, 6) is -1.55.